The Morgan fingerprint density at radius 3 is 2.52 bits per heavy atom. The van der Waals surface area contributed by atoms with E-state index in [1.54, 1.807) is 0 Å². The van der Waals surface area contributed by atoms with Crippen LogP contribution in [0.4, 0.5) is 0 Å². The highest BCUT2D eigenvalue weighted by Gasteiger charge is 2.09. The SMILES string of the molecule is CCNCCCNCc1ccc(-c2cccc(Cl)c2C)o1.Cl.Cl. The van der Waals surface area contributed by atoms with Crippen LogP contribution >= 0.6 is 36.4 Å². The molecule has 2 aromatic rings. The van der Waals surface area contributed by atoms with Gasteiger partial charge in [-0.15, -0.1) is 24.8 Å². The monoisotopic (exact) mass is 378 g/mol. The van der Waals surface area contributed by atoms with Crippen LogP contribution in [0.15, 0.2) is 34.7 Å². The van der Waals surface area contributed by atoms with E-state index in [9.17, 15) is 0 Å². The molecule has 1 aromatic heterocycles. The Labute approximate surface area is 156 Å². The summed E-state index contributed by atoms with van der Waals surface area (Å²) >= 11 is 6.15. The lowest BCUT2D eigenvalue weighted by atomic mass is 10.1. The van der Waals surface area contributed by atoms with E-state index in [0.29, 0.717) is 0 Å². The van der Waals surface area contributed by atoms with E-state index in [2.05, 4.69) is 17.6 Å². The fourth-order valence-electron chi connectivity index (χ4n) is 2.22. The van der Waals surface area contributed by atoms with Crippen molar-refractivity contribution in [1.29, 1.82) is 0 Å². The molecule has 1 aromatic carbocycles. The molecule has 0 fully saturated rings. The average molecular weight is 380 g/mol. The van der Waals surface area contributed by atoms with Crippen LogP contribution in [0.3, 0.4) is 0 Å². The lowest BCUT2D eigenvalue weighted by molar-refractivity contribution is 0.488. The van der Waals surface area contributed by atoms with Gasteiger partial charge >= 0.3 is 0 Å². The smallest absolute Gasteiger partial charge is 0.134 e. The van der Waals surface area contributed by atoms with Crippen molar-refractivity contribution in [1.82, 2.24) is 10.6 Å². The molecular weight excluding hydrogens is 355 g/mol. The van der Waals surface area contributed by atoms with Gasteiger partial charge in [0.1, 0.15) is 11.5 Å². The topological polar surface area (TPSA) is 37.2 Å². The second-order valence-electron chi connectivity index (χ2n) is 5.06. The summed E-state index contributed by atoms with van der Waals surface area (Å²) in [6, 6.07) is 9.91. The summed E-state index contributed by atoms with van der Waals surface area (Å²) in [5, 5.41) is 7.47. The second-order valence-corrected chi connectivity index (χ2v) is 5.47. The van der Waals surface area contributed by atoms with Gasteiger partial charge in [-0.25, -0.2) is 0 Å². The number of rotatable bonds is 8. The maximum atomic E-state index is 6.15. The van der Waals surface area contributed by atoms with Crippen LogP contribution in [-0.2, 0) is 6.54 Å². The lowest BCUT2D eigenvalue weighted by Crippen LogP contribution is -2.21. The molecule has 0 amide bonds. The largest absolute Gasteiger partial charge is 0.460 e. The van der Waals surface area contributed by atoms with Gasteiger partial charge in [0, 0.05) is 10.6 Å². The van der Waals surface area contributed by atoms with E-state index in [1.807, 2.05) is 37.3 Å². The van der Waals surface area contributed by atoms with Crippen molar-refractivity contribution in [2.45, 2.75) is 26.8 Å². The van der Waals surface area contributed by atoms with Gasteiger partial charge in [0.2, 0.25) is 0 Å². The van der Waals surface area contributed by atoms with E-state index < -0.39 is 0 Å². The summed E-state index contributed by atoms with van der Waals surface area (Å²) in [6.07, 6.45) is 1.12. The average Bonchev–Trinajstić information content (AvgIpc) is 2.94. The van der Waals surface area contributed by atoms with Crippen LogP contribution in [0.1, 0.15) is 24.7 Å². The Kier molecular flexibility index (Phi) is 11.4. The zero-order chi connectivity index (χ0) is 15.1. The van der Waals surface area contributed by atoms with Gasteiger partial charge in [0.25, 0.3) is 0 Å². The van der Waals surface area contributed by atoms with Crippen LogP contribution in [0.2, 0.25) is 5.02 Å². The van der Waals surface area contributed by atoms with Crippen molar-refractivity contribution in [2.75, 3.05) is 19.6 Å². The Hall–Kier alpha value is -0.710. The van der Waals surface area contributed by atoms with E-state index in [0.717, 1.165) is 60.3 Å². The highest BCUT2D eigenvalue weighted by Crippen LogP contribution is 2.29. The third kappa shape index (κ3) is 6.74. The molecular formula is C17H25Cl3N2O. The van der Waals surface area contributed by atoms with Crippen molar-refractivity contribution >= 4 is 36.4 Å². The predicted molar refractivity (Wildman–Crippen MR) is 103 cm³/mol. The van der Waals surface area contributed by atoms with Crippen molar-refractivity contribution < 1.29 is 4.42 Å². The molecule has 3 nitrogen and oxygen atoms in total. The molecule has 2 rings (SSSR count). The first-order valence-electron chi connectivity index (χ1n) is 7.48. The molecule has 1 heterocycles. The fourth-order valence-corrected chi connectivity index (χ4v) is 2.39. The molecule has 0 atom stereocenters. The molecule has 0 unspecified atom stereocenters. The number of halogens is 3. The first-order chi connectivity index (χ1) is 10.2. The zero-order valence-electron chi connectivity index (χ0n) is 13.5. The second kappa shape index (κ2) is 11.8. The number of hydrogen-bond donors (Lipinski definition) is 2. The quantitative estimate of drug-likeness (QED) is 0.644. The van der Waals surface area contributed by atoms with E-state index in [1.165, 1.54) is 0 Å². The first-order valence-corrected chi connectivity index (χ1v) is 7.85. The molecule has 0 aliphatic rings. The summed E-state index contributed by atoms with van der Waals surface area (Å²) in [7, 11) is 0. The van der Waals surface area contributed by atoms with Gasteiger partial charge in [-0.3, -0.25) is 0 Å². The summed E-state index contributed by atoms with van der Waals surface area (Å²) < 4.78 is 5.90. The lowest BCUT2D eigenvalue weighted by Gasteiger charge is -2.05. The van der Waals surface area contributed by atoms with E-state index in [-0.39, 0.29) is 24.8 Å². The van der Waals surface area contributed by atoms with Gasteiger partial charge in [-0.2, -0.15) is 0 Å². The van der Waals surface area contributed by atoms with Gasteiger partial charge in [-0.05, 0) is 56.7 Å². The van der Waals surface area contributed by atoms with Gasteiger partial charge in [0.05, 0.1) is 6.54 Å². The number of furan rings is 1. The maximum absolute atomic E-state index is 6.15. The summed E-state index contributed by atoms with van der Waals surface area (Å²) in [5.74, 6) is 1.83. The first kappa shape index (κ1) is 22.3. The number of hydrogen-bond acceptors (Lipinski definition) is 3. The molecule has 23 heavy (non-hydrogen) atoms. The van der Waals surface area contributed by atoms with Crippen molar-refractivity contribution in [3.8, 4) is 11.3 Å². The molecule has 0 radical (unpaired) electrons. The highest BCUT2D eigenvalue weighted by atomic mass is 35.5. The summed E-state index contributed by atoms with van der Waals surface area (Å²) in [6.45, 7) is 7.95. The molecule has 0 saturated heterocycles. The third-order valence-electron chi connectivity index (χ3n) is 3.45. The van der Waals surface area contributed by atoms with Crippen LogP contribution in [0, 0.1) is 6.92 Å². The molecule has 0 aliphatic carbocycles. The van der Waals surface area contributed by atoms with E-state index in [4.69, 9.17) is 16.0 Å². The fraction of sp³-hybridized carbons (Fsp3) is 0.412. The Morgan fingerprint density at radius 2 is 1.78 bits per heavy atom. The molecule has 2 N–H and O–H groups in total. The molecule has 0 bridgehead atoms. The Morgan fingerprint density at radius 1 is 1.04 bits per heavy atom. The third-order valence-corrected chi connectivity index (χ3v) is 3.86. The van der Waals surface area contributed by atoms with Crippen LogP contribution in [0.5, 0.6) is 0 Å². The van der Waals surface area contributed by atoms with Crippen LogP contribution in [-0.4, -0.2) is 19.6 Å². The minimum Gasteiger partial charge on any atom is -0.460 e. The zero-order valence-corrected chi connectivity index (χ0v) is 15.9. The van der Waals surface area contributed by atoms with Crippen LogP contribution in [0.25, 0.3) is 11.3 Å². The molecule has 0 saturated carbocycles. The normalized spacial score (nSPS) is 10.0. The molecule has 0 spiro atoms. The van der Waals surface area contributed by atoms with Gasteiger partial charge in [0.15, 0.2) is 0 Å². The summed E-state index contributed by atoms with van der Waals surface area (Å²) in [5.41, 5.74) is 2.11. The molecule has 0 aliphatic heterocycles. The highest BCUT2D eigenvalue weighted by molar-refractivity contribution is 6.31. The van der Waals surface area contributed by atoms with Gasteiger partial charge in [-0.1, -0.05) is 30.7 Å². The minimum absolute atomic E-state index is 0. The molecule has 130 valence electrons. The van der Waals surface area contributed by atoms with E-state index >= 15 is 0 Å². The van der Waals surface area contributed by atoms with Gasteiger partial charge < -0.3 is 15.1 Å². The maximum Gasteiger partial charge on any atom is 0.134 e. The minimum atomic E-state index is 0. The van der Waals surface area contributed by atoms with Crippen molar-refractivity contribution in [3.63, 3.8) is 0 Å². The van der Waals surface area contributed by atoms with Crippen LogP contribution < -0.4 is 10.6 Å². The molecule has 6 heteroatoms. The number of benzene rings is 1. The Bertz CT molecular complexity index is 573. The van der Waals surface area contributed by atoms with Crippen molar-refractivity contribution in [3.05, 3.63) is 46.7 Å². The predicted octanol–water partition coefficient (Wildman–Crippen LogP) is 4.84. The number of nitrogens with one attached hydrogen (secondary N) is 2. The summed E-state index contributed by atoms with van der Waals surface area (Å²) in [4.78, 5) is 0. The van der Waals surface area contributed by atoms with Crippen molar-refractivity contribution in [2.24, 2.45) is 0 Å². The Balaban J connectivity index is 0.00000242. The standard InChI is InChI=1S/C17H23ClN2O.2ClH/c1-3-19-10-5-11-20-12-14-8-9-17(21-14)15-6-4-7-16(18)13(15)2;;/h4,6-9,19-20H,3,5,10-12H2,1-2H3;2*1H.